The predicted octanol–water partition coefficient (Wildman–Crippen LogP) is 1.42. The highest BCUT2D eigenvalue weighted by Crippen LogP contribution is 2.24. The first-order chi connectivity index (χ1) is 7.66. The summed E-state index contributed by atoms with van der Waals surface area (Å²) in [6, 6.07) is 1.59. The zero-order valence-electron chi connectivity index (χ0n) is 8.44. The molecule has 86 valence electrons. The van der Waals surface area contributed by atoms with Crippen LogP contribution in [0, 0.1) is 10.1 Å². The topological polar surface area (TPSA) is 80.1 Å². The number of nitrogens with zero attached hydrogens (tertiary/aromatic N) is 2. The van der Waals surface area contributed by atoms with Crippen molar-refractivity contribution >= 4 is 23.1 Å². The van der Waals surface area contributed by atoms with Gasteiger partial charge in [0.1, 0.15) is 12.0 Å². The summed E-state index contributed by atoms with van der Waals surface area (Å²) in [5.41, 5.74) is -0.0971. The fraction of sp³-hybridized carbons (Fsp3) is 0.444. The zero-order valence-corrected chi connectivity index (χ0v) is 9.20. The molecule has 7 heteroatoms. The second kappa shape index (κ2) is 4.63. The van der Waals surface area contributed by atoms with Crippen molar-refractivity contribution < 1.29 is 4.92 Å². The van der Waals surface area contributed by atoms with Crippen molar-refractivity contribution in [3.8, 4) is 0 Å². The van der Waals surface area contributed by atoms with Gasteiger partial charge in [-0.05, 0) is 13.0 Å². The fourth-order valence-corrected chi connectivity index (χ4v) is 1.82. The highest BCUT2D eigenvalue weighted by atomic mass is 35.5. The van der Waals surface area contributed by atoms with E-state index in [0.29, 0.717) is 5.82 Å². The molecule has 1 aliphatic rings. The number of nitro groups is 1. The molecule has 0 saturated carbocycles. The van der Waals surface area contributed by atoms with Gasteiger partial charge in [-0.2, -0.15) is 0 Å². The average molecular weight is 243 g/mol. The van der Waals surface area contributed by atoms with Crippen LogP contribution >= 0.6 is 11.6 Å². The van der Waals surface area contributed by atoms with Gasteiger partial charge in [0.05, 0.1) is 9.95 Å². The number of pyridine rings is 1. The molecule has 1 aliphatic heterocycles. The summed E-state index contributed by atoms with van der Waals surface area (Å²) in [5.74, 6) is 0.501. The van der Waals surface area contributed by atoms with Crippen molar-refractivity contribution in [1.82, 2.24) is 10.3 Å². The molecule has 1 saturated heterocycles. The normalized spacial score (nSPS) is 19.7. The number of anilines is 1. The molecular weight excluding hydrogens is 232 g/mol. The summed E-state index contributed by atoms with van der Waals surface area (Å²) in [7, 11) is 0. The van der Waals surface area contributed by atoms with Gasteiger partial charge in [-0.1, -0.05) is 11.6 Å². The minimum Gasteiger partial charge on any atom is -0.365 e. The minimum absolute atomic E-state index is 0.0971. The Balaban J connectivity index is 2.12. The first kappa shape index (κ1) is 11.1. The van der Waals surface area contributed by atoms with Gasteiger partial charge in [-0.15, -0.1) is 0 Å². The first-order valence-electron chi connectivity index (χ1n) is 4.94. The molecule has 6 nitrogen and oxygen atoms in total. The molecule has 1 atom stereocenters. The number of rotatable bonds is 3. The van der Waals surface area contributed by atoms with Crippen molar-refractivity contribution in [2.75, 3.05) is 18.4 Å². The number of nitrogens with one attached hydrogen (secondary N) is 2. The first-order valence-corrected chi connectivity index (χ1v) is 5.32. The van der Waals surface area contributed by atoms with Crippen LogP contribution in [0.5, 0.6) is 0 Å². The summed E-state index contributed by atoms with van der Waals surface area (Å²) in [5, 5.41) is 17.1. The second-order valence-corrected chi connectivity index (χ2v) is 4.02. The van der Waals surface area contributed by atoms with Gasteiger partial charge in [0.15, 0.2) is 0 Å². The van der Waals surface area contributed by atoms with Gasteiger partial charge in [-0.25, -0.2) is 4.98 Å². The lowest BCUT2D eigenvalue weighted by molar-refractivity contribution is -0.385. The van der Waals surface area contributed by atoms with Gasteiger partial charge >= 0.3 is 0 Å². The van der Waals surface area contributed by atoms with E-state index in [1.807, 2.05) is 0 Å². The van der Waals surface area contributed by atoms with Crippen LogP contribution in [-0.4, -0.2) is 29.0 Å². The number of halogens is 1. The zero-order chi connectivity index (χ0) is 11.5. The molecule has 16 heavy (non-hydrogen) atoms. The van der Waals surface area contributed by atoms with E-state index in [1.165, 1.54) is 12.3 Å². The lowest BCUT2D eigenvalue weighted by Gasteiger charge is -2.12. The van der Waals surface area contributed by atoms with E-state index < -0.39 is 4.92 Å². The Bertz CT molecular complexity index is 406. The number of aromatic nitrogens is 1. The molecule has 1 aromatic rings. The maximum absolute atomic E-state index is 10.5. The number of hydrogen-bond acceptors (Lipinski definition) is 5. The van der Waals surface area contributed by atoms with E-state index in [4.69, 9.17) is 11.6 Å². The van der Waals surface area contributed by atoms with E-state index in [2.05, 4.69) is 15.6 Å². The summed E-state index contributed by atoms with van der Waals surface area (Å²) < 4.78 is 0. The predicted molar refractivity (Wildman–Crippen MR) is 60.8 cm³/mol. The van der Waals surface area contributed by atoms with Crippen LogP contribution in [0.15, 0.2) is 12.3 Å². The van der Waals surface area contributed by atoms with Gasteiger partial charge in [-0.3, -0.25) is 10.1 Å². The lowest BCUT2D eigenvalue weighted by Crippen LogP contribution is -2.22. The maximum atomic E-state index is 10.5. The van der Waals surface area contributed by atoms with Crippen molar-refractivity contribution in [3.05, 3.63) is 27.4 Å². The monoisotopic (exact) mass is 242 g/mol. The Morgan fingerprint density at radius 1 is 1.69 bits per heavy atom. The maximum Gasteiger partial charge on any atom is 0.289 e. The summed E-state index contributed by atoms with van der Waals surface area (Å²) in [6.45, 7) is 1.82. The van der Waals surface area contributed by atoms with Crippen molar-refractivity contribution in [3.63, 3.8) is 0 Å². The van der Waals surface area contributed by atoms with Gasteiger partial charge < -0.3 is 10.6 Å². The van der Waals surface area contributed by atoms with Crippen LogP contribution in [0.25, 0.3) is 0 Å². The third-order valence-corrected chi connectivity index (χ3v) is 2.73. The highest BCUT2D eigenvalue weighted by molar-refractivity contribution is 6.33. The quantitative estimate of drug-likeness (QED) is 0.619. The smallest absolute Gasteiger partial charge is 0.289 e. The SMILES string of the molecule is O=[N+]([O-])c1cnc(NC2CCNC2)c(Cl)c1. The average Bonchev–Trinajstić information content (AvgIpc) is 2.73. The Kier molecular flexibility index (Phi) is 3.21. The van der Waals surface area contributed by atoms with E-state index in [9.17, 15) is 10.1 Å². The molecule has 1 fully saturated rings. The van der Waals surface area contributed by atoms with Crippen LogP contribution in [0.3, 0.4) is 0 Å². The molecule has 0 radical (unpaired) electrons. The summed E-state index contributed by atoms with van der Waals surface area (Å²) in [4.78, 5) is 13.9. The van der Waals surface area contributed by atoms with Crippen molar-refractivity contribution in [1.29, 1.82) is 0 Å². The van der Waals surface area contributed by atoms with Crippen LogP contribution in [-0.2, 0) is 0 Å². The van der Waals surface area contributed by atoms with Crippen LogP contribution in [0.2, 0.25) is 5.02 Å². The van der Waals surface area contributed by atoms with E-state index >= 15 is 0 Å². The van der Waals surface area contributed by atoms with E-state index in [0.717, 1.165) is 19.5 Å². The molecule has 0 aliphatic carbocycles. The molecule has 2 rings (SSSR count). The van der Waals surface area contributed by atoms with Crippen molar-refractivity contribution in [2.24, 2.45) is 0 Å². The van der Waals surface area contributed by atoms with Gasteiger partial charge in [0, 0.05) is 18.7 Å². The Morgan fingerprint density at radius 3 is 3.06 bits per heavy atom. The third kappa shape index (κ3) is 2.40. The summed E-state index contributed by atoms with van der Waals surface area (Å²) in [6.07, 6.45) is 2.20. The molecule has 2 heterocycles. The minimum atomic E-state index is -0.514. The Hall–Kier alpha value is -1.40. The lowest BCUT2D eigenvalue weighted by atomic mass is 10.2. The van der Waals surface area contributed by atoms with Crippen LogP contribution < -0.4 is 10.6 Å². The summed E-state index contributed by atoms with van der Waals surface area (Å²) >= 11 is 5.90. The molecule has 0 bridgehead atoms. The van der Waals surface area contributed by atoms with E-state index in [-0.39, 0.29) is 16.8 Å². The molecule has 0 spiro atoms. The molecule has 0 aromatic carbocycles. The fourth-order valence-electron chi connectivity index (χ4n) is 1.61. The standard InChI is InChI=1S/C9H11ClN4O2/c10-8-3-7(14(15)16)5-12-9(8)13-6-1-2-11-4-6/h3,5-6,11H,1-2,4H2,(H,12,13). The van der Waals surface area contributed by atoms with Crippen LogP contribution in [0.1, 0.15) is 6.42 Å². The highest BCUT2D eigenvalue weighted by Gasteiger charge is 2.17. The molecule has 0 amide bonds. The van der Waals surface area contributed by atoms with Gasteiger partial charge in [0.25, 0.3) is 5.69 Å². The van der Waals surface area contributed by atoms with Crippen molar-refractivity contribution in [2.45, 2.75) is 12.5 Å². The van der Waals surface area contributed by atoms with E-state index in [1.54, 1.807) is 0 Å². The second-order valence-electron chi connectivity index (χ2n) is 3.62. The Morgan fingerprint density at radius 2 is 2.50 bits per heavy atom. The molecule has 2 N–H and O–H groups in total. The molecular formula is C9H11ClN4O2. The van der Waals surface area contributed by atoms with Gasteiger partial charge in [0.2, 0.25) is 0 Å². The third-order valence-electron chi connectivity index (χ3n) is 2.44. The van der Waals surface area contributed by atoms with Crippen LogP contribution in [0.4, 0.5) is 11.5 Å². The molecule has 1 aromatic heterocycles. The molecule has 1 unspecified atom stereocenters. The largest absolute Gasteiger partial charge is 0.365 e. The Labute approximate surface area is 97.2 Å². The number of hydrogen-bond donors (Lipinski definition) is 2.